The molecule has 114 valence electrons. The van der Waals surface area contributed by atoms with E-state index in [1.807, 2.05) is 0 Å². The topological polar surface area (TPSA) is 46.2 Å². The second-order valence-corrected chi connectivity index (χ2v) is 7.41. The lowest BCUT2D eigenvalue weighted by Crippen LogP contribution is -2.24. The highest BCUT2D eigenvalue weighted by Crippen LogP contribution is 2.53. The molecule has 1 N–H and O–H groups in total. The summed E-state index contributed by atoms with van der Waals surface area (Å²) in [5, 5.41) is 3.03. The Bertz CT molecular complexity index is 745. The summed E-state index contributed by atoms with van der Waals surface area (Å²) in [7, 11) is 0. The molecular weight excluding hydrogens is 274 g/mol. The monoisotopic (exact) mass is 295 g/mol. The average molecular weight is 295 g/mol. The molecule has 1 aliphatic heterocycles. The Balaban J connectivity index is 1.99. The van der Waals surface area contributed by atoms with Crippen molar-refractivity contribution in [2.24, 2.45) is 11.3 Å². The molecule has 0 bridgehead atoms. The molecule has 3 heteroatoms. The van der Waals surface area contributed by atoms with Gasteiger partial charge < -0.3 is 5.32 Å². The Morgan fingerprint density at radius 2 is 2.05 bits per heavy atom. The molecule has 3 aliphatic carbocycles. The van der Waals surface area contributed by atoms with Gasteiger partial charge in [-0.1, -0.05) is 26.8 Å². The van der Waals surface area contributed by atoms with Crippen molar-refractivity contribution < 1.29 is 9.59 Å². The van der Waals surface area contributed by atoms with E-state index in [0.717, 1.165) is 59.2 Å². The first kappa shape index (κ1) is 13.7. The van der Waals surface area contributed by atoms with E-state index in [1.165, 1.54) is 0 Å². The van der Waals surface area contributed by atoms with Crippen LogP contribution < -0.4 is 5.32 Å². The normalized spacial score (nSPS) is 30.2. The van der Waals surface area contributed by atoms with Gasteiger partial charge in [-0.2, -0.15) is 0 Å². The van der Waals surface area contributed by atoms with E-state index in [9.17, 15) is 9.59 Å². The molecule has 0 saturated heterocycles. The number of carbonyl (C=O) groups excluding carboxylic acids is 2. The number of allylic oxidation sites excluding steroid dienone is 6. The van der Waals surface area contributed by atoms with Crippen molar-refractivity contribution in [2.45, 2.75) is 46.5 Å². The van der Waals surface area contributed by atoms with Gasteiger partial charge >= 0.3 is 0 Å². The van der Waals surface area contributed by atoms with Crippen LogP contribution in [0.2, 0.25) is 0 Å². The molecule has 22 heavy (non-hydrogen) atoms. The summed E-state index contributed by atoms with van der Waals surface area (Å²) in [6, 6.07) is 0. The summed E-state index contributed by atoms with van der Waals surface area (Å²) in [6.07, 6.45) is 7.86. The number of fused-ring (bicyclic) bond motifs is 1. The minimum Gasteiger partial charge on any atom is -0.321 e. The van der Waals surface area contributed by atoms with Crippen molar-refractivity contribution in [1.82, 2.24) is 5.32 Å². The summed E-state index contributed by atoms with van der Waals surface area (Å²) < 4.78 is 0. The van der Waals surface area contributed by atoms with Gasteiger partial charge in [-0.05, 0) is 59.8 Å². The van der Waals surface area contributed by atoms with Crippen molar-refractivity contribution in [3.63, 3.8) is 0 Å². The Morgan fingerprint density at radius 3 is 2.77 bits per heavy atom. The van der Waals surface area contributed by atoms with Gasteiger partial charge in [0.1, 0.15) is 0 Å². The molecule has 0 aromatic carbocycles. The molecule has 0 aromatic rings. The zero-order chi connectivity index (χ0) is 15.6. The van der Waals surface area contributed by atoms with Crippen LogP contribution in [0.15, 0.2) is 45.7 Å². The van der Waals surface area contributed by atoms with E-state index in [1.54, 1.807) is 6.08 Å². The van der Waals surface area contributed by atoms with Crippen molar-refractivity contribution >= 4 is 11.7 Å². The van der Waals surface area contributed by atoms with E-state index in [2.05, 4.69) is 32.2 Å². The summed E-state index contributed by atoms with van der Waals surface area (Å²) in [4.78, 5) is 25.0. The fraction of sp³-hybridized carbons (Fsp3) is 0.474. The molecule has 1 amide bonds. The zero-order valence-corrected chi connectivity index (χ0v) is 13.4. The number of rotatable bonds is 1. The van der Waals surface area contributed by atoms with Gasteiger partial charge in [0.25, 0.3) is 5.91 Å². The number of nitrogens with one attached hydrogen (secondary N) is 1. The highest BCUT2D eigenvalue weighted by molar-refractivity contribution is 6.16. The number of hydrogen-bond donors (Lipinski definition) is 1. The molecule has 3 nitrogen and oxygen atoms in total. The maximum atomic E-state index is 12.6. The van der Waals surface area contributed by atoms with Gasteiger partial charge in [0.05, 0.1) is 11.3 Å². The maximum absolute atomic E-state index is 12.6. The first-order valence-electron chi connectivity index (χ1n) is 8.19. The maximum Gasteiger partial charge on any atom is 0.251 e. The lowest BCUT2D eigenvalue weighted by molar-refractivity contribution is -0.116. The smallest absolute Gasteiger partial charge is 0.251 e. The van der Waals surface area contributed by atoms with E-state index >= 15 is 0 Å². The van der Waals surface area contributed by atoms with Gasteiger partial charge in [-0.15, -0.1) is 0 Å². The number of hydrogen-bond acceptors (Lipinski definition) is 2. The molecule has 0 radical (unpaired) electrons. The van der Waals surface area contributed by atoms with E-state index in [-0.39, 0.29) is 17.1 Å². The first-order chi connectivity index (χ1) is 10.4. The third-order valence-electron chi connectivity index (χ3n) is 5.57. The summed E-state index contributed by atoms with van der Waals surface area (Å²) >= 11 is 0. The molecule has 0 spiro atoms. The SMILES string of the molecule is CC(C)C1=CC(=O)C2=C3NC(=O)C4=C3[C@](C)(CC=C12)CCC4. The van der Waals surface area contributed by atoms with Gasteiger partial charge in [0.15, 0.2) is 5.78 Å². The standard InChI is InChI=1S/C19H21NO2/c1-10(2)13-9-14(21)15-11(13)6-8-19(3)7-4-5-12-16(19)17(15)20-18(12)22/h6,9-10H,4-5,7-8H2,1-3H3,(H,20,22)/t19-/m0/s1. The van der Waals surface area contributed by atoms with Crippen molar-refractivity contribution in [2.75, 3.05) is 0 Å². The van der Waals surface area contributed by atoms with Crippen LogP contribution in [0.5, 0.6) is 0 Å². The second kappa shape index (κ2) is 4.31. The highest BCUT2D eigenvalue weighted by Gasteiger charge is 2.46. The second-order valence-electron chi connectivity index (χ2n) is 7.41. The number of ketones is 1. The third-order valence-corrected chi connectivity index (χ3v) is 5.57. The molecule has 0 unspecified atom stereocenters. The fourth-order valence-electron chi connectivity index (χ4n) is 4.44. The Hall–Kier alpha value is -1.90. The third kappa shape index (κ3) is 1.62. The van der Waals surface area contributed by atoms with Crippen LogP contribution in [0.4, 0.5) is 0 Å². The molecule has 1 heterocycles. The molecular formula is C19H21NO2. The van der Waals surface area contributed by atoms with Crippen LogP contribution in [0, 0.1) is 11.3 Å². The van der Waals surface area contributed by atoms with Crippen LogP contribution in [0.1, 0.15) is 46.5 Å². The van der Waals surface area contributed by atoms with Gasteiger partial charge in [0, 0.05) is 5.57 Å². The van der Waals surface area contributed by atoms with Gasteiger partial charge in [0.2, 0.25) is 0 Å². The fourth-order valence-corrected chi connectivity index (χ4v) is 4.44. The van der Waals surface area contributed by atoms with E-state index < -0.39 is 0 Å². The van der Waals surface area contributed by atoms with E-state index in [0.29, 0.717) is 5.92 Å². The van der Waals surface area contributed by atoms with Crippen molar-refractivity contribution in [3.8, 4) is 0 Å². The van der Waals surface area contributed by atoms with Crippen LogP contribution in [-0.2, 0) is 9.59 Å². The average Bonchev–Trinajstić information content (AvgIpc) is 2.91. The Labute approximate surface area is 130 Å². The van der Waals surface area contributed by atoms with Gasteiger partial charge in [-0.3, -0.25) is 9.59 Å². The summed E-state index contributed by atoms with van der Waals surface area (Å²) in [6.45, 7) is 6.47. The molecule has 4 rings (SSSR count). The van der Waals surface area contributed by atoms with E-state index in [4.69, 9.17) is 0 Å². The lowest BCUT2D eigenvalue weighted by Gasteiger charge is -2.34. The quantitative estimate of drug-likeness (QED) is 0.806. The van der Waals surface area contributed by atoms with Crippen LogP contribution in [-0.4, -0.2) is 11.7 Å². The van der Waals surface area contributed by atoms with Crippen molar-refractivity contribution in [3.05, 3.63) is 45.7 Å². The van der Waals surface area contributed by atoms with Crippen LogP contribution in [0.3, 0.4) is 0 Å². The largest absolute Gasteiger partial charge is 0.321 e. The minimum absolute atomic E-state index is 0.00970. The molecule has 1 atom stereocenters. The number of amides is 1. The van der Waals surface area contributed by atoms with Crippen molar-refractivity contribution in [1.29, 1.82) is 0 Å². The molecule has 4 aliphatic rings. The summed E-state index contributed by atoms with van der Waals surface area (Å²) in [5.74, 6) is 0.371. The van der Waals surface area contributed by atoms with Crippen LogP contribution in [0.25, 0.3) is 0 Å². The lowest BCUT2D eigenvalue weighted by atomic mass is 9.69. The molecule has 0 aromatic heterocycles. The molecule has 0 saturated carbocycles. The summed E-state index contributed by atoms with van der Waals surface area (Å²) in [5.41, 5.74) is 5.72. The highest BCUT2D eigenvalue weighted by atomic mass is 16.2. The van der Waals surface area contributed by atoms with Gasteiger partial charge in [-0.25, -0.2) is 0 Å². The minimum atomic E-state index is -0.0191. The van der Waals surface area contributed by atoms with Crippen LogP contribution >= 0.6 is 0 Å². The zero-order valence-electron chi connectivity index (χ0n) is 13.4. The molecule has 0 fully saturated rings. The Morgan fingerprint density at radius 1 is 1.27 bits per heavy atom. The predicted octanol–water partition coefficient (Wildman–Crippen LogP) is 3.35. The first-order valence-corrected chi connectivity index (χ1v) is 8.19. The number of carbonyl (C=O) groups is 2. The predicted molar refractivity (Wildman–Crippen MR) is 84.8 cm³/mol. The Kier molecular flexibility index (Phi) is 2.69.